The van der Waals surface area contributed by atoms with Crippen LogP contribution in [0, 0.1) is 5.92 Å². The Hall–Kier alpha value is -0.670. The van der Waals surface area contributed by atoms with E-state index < -0.39 is 0 Å². The number of hydrogen-bond acceptors (Lipinski definition) is 3. The van der Waals surface area contributed by atoms with Crippen molar-refractivity contribution < 1.29 is 0 Å². The minimum Gasteiger partial charge on any atom is -0.334 e. The summed E-state index contributed by atoms with van der Waals surface area (Å²) < 4.78 is 0. The molecular formula is C14H19ClN2S. The maximum atomic E-state index is 6.13. The summed E-state index contributed by atoms with van der Waals surface area (Å²) in [6.07, 6.45) is 2.45. The Morgan fingerprint density at radius 2 is 2.11 bits per heavy atom. The number of thioether (sulfide) groups is 1. The highest BCUT2D eigenvalue weighted by atomic mass is 35.5. The fourth-order valence-electron chi connectivity index (χ4n) is 2.20. The van der Waals surface area contributed by atoms with Crippen LogP contribution >= 0.6 is 23.4 Å². The van der Waals surface area contributed by atoms with Crippen molar-refractivity contribution in [1.29, 1.82) is 0 Å². The van der Waals surface area contributed by atoms with Gasteiger partial charge in [-0.2, -0.15) is 0 Å². The van der Waals surface area contributed by atoms with Crippen molar-refractivity contribution in [3.63, 3.8) is 0 Å². The van der Waals surface area contributed by atoms with Crippen molar-refractivity contribution in [1.82, 2.24) is 0 Å². The molecule has 2 nitrogen and oxygen atoms in total. The standard InChI is InChI=1S/C14H19ClN2S/c1-3-10(4-2)13-9-16-14(18-13)17-12-8-6-5-7-11(12)15/h5-8,10,13H,3-4,9H2,1-2H3,(H,16,17). The molecule has 0 aliphatic carbocycles. The van der Waals surface area contributed by atoms with Gasteiger partial charge in [0.25, 0.3) is 0 Å². The first-order chi connectivity index (χ1) is 8.74. The van der Waals surface area contributed by atoms with Crippen LogP contribution < -0.4 is 5.32 Å². The maximum Gasteiger partial charge on any atom is 0.161 e. The summed E-state index contributed by atoms with van der Waals surface area (Å²) in [5, 5.41) is 5.68. The van der Waals surface area contributed by atoms with E-state index in [-0.39, 0.29) is 0 Å². The predicted molar refractivity (Wildman–Crippen MR) is 82.8 cm³/mol. The van der Waals surface area contributed by atoms with Crippen molar-refractivity contribution in [2.45, 2.75) is 31.9 Å². The molecule has 1 atom stereocenters. The lowest BCUT2D eigenvalue weighted by molar-refractivity contribution is 0.479. The molecule has 1 aliphatic heterocycles. The van der Waals surface area contributed by atoms with Crippen LogP contribution in [0.5, 0.6) is 0 Å². The van der Waals surface area contributed by atoms with Crippen LogP contribution in [-0.2, 0) is 0 Å². The zero-order chi connectivity index (χ0) is 13.0. The lowest BCUT2D eigenvalue weighted by Crippen LogP contribution is -2.17. The van der Waals surface area contributed by atoms with Crippen LogP contribution in [-0.4, -0.2) is 17.0 Å². The minimum absolute atomic E-state index is 0.616. The molecule has 0 spiro atoms. The number of hydrogen-bond donors (Lipinski definition) is 1. The molecule has 0 fully saturated rings. The molecule has 1 N–H and O–H groups in total. The van der Waals surface area contributed by atoms with Crippen LogP contribution in [0.1, 0.15) is 26.7 Å². The molecule has 1 aromatic rings. The second-order valence-corrected chi connectivity index (χ2v) is 6.12. The monoisotopic (exact) mass is 282 g/mol. The zero-order valence-corrected chi connectivity index (χ0v) is 12.4. The Balaban J connectivity index is 1.95. The summed E-state index contributed by atoms with van der Waals surface area (Å²) in [4.78, 5) is 4.58. The quantitative estimate of drug-likeness (QED) is 0.868. The number of benzene rings is 1. The molecule has 0 radical (unpaired) electrons. The molecule has 0 amide bonds. The van der Waals surface area contributed by atoms with Crippen LogP contribution in [0.15, 0.2) is 29.3 Å². The third-order valence-corrected chi connectivity index (χ3v) is 4.99. The van der Waals surface area contributed by atoms with E-state index in [1.54, 1.807) is 0 Å². The number of rotatable bonds is 4. The van der Waals surface area contributed by atoms with Gasteiger partial charge in [-0.15, -0.1) is 0 Å². The highest BCUT2D eigenvalue weighted by Gasteiger charge is 2.26. The summed E-state index contributed by atoms with van der Waals surface area (Å²) in [6, 6.07) is 7.79. The molecule has 4 heteroatoms. The Morgan fingerprint density at radius 1 is 1.39 bits per heavy atom. The van der Waals surface area contributed by atoms with E-state index in [0.29, 0.717) is 5.25 Å². The van der Waals surface area contributed by atoms with Crippen LogP contribution in [0.4, 0.5) is 5.69 Å². The normalized spacial score (nSPS) is 19.1. The number of amidine groups is 1. The molecule has 1 unspecified atom stereocenters. The van der Waals surface area contributed by atoms with Gasteiger partial charge in [0.05, 0.1) is 17.3 Å². The molecule has 0 aromatic heterocycles. The van der Waals surface area contributed by atoms with E-state index in [2.05, 4.69) is 24.2 Å². The van der Waals surface area contributed by atoms with Gasteiger partial charge in [-0.3, -0.25) is 4.99 Å². The summed E-state index contributed by atoms with van der Waals surface area (Å²) in [6.45, 7) is 5.44. The minimum atomic E-state index is 0.616. The second kappa shape index (κ2) is 6.48. The molecule has 1 aliphatic rings. The highest BCUT2D eigenvalue weighted by molar-refractivity contribution is 8.15. The van der Waals surface area contributed by atoms with Crippen molar-refractivity contribution in [3.8, 4) is 0 Å². The summed E-state index contributed by atoms with van der Waals surface area (Å²) >= 11 is 7.98. The summed E-state index contributed by atoms with van der Waals surface area (Å²) in [7, 11) is 0. The van der Waals surface area contributed by atoms with E-state index in [1.165, 1.54) is 12.8 Å². The number of anilines is 1. The average molecular weight is 283 g/mol. The van der Waals surface area contributed by atoms with E-state index >= 15 is 0 Å². The van der Waals surface area contributed by atoms with Gasteiger partial charge in [0, 0.05) is 5.25 Å². The number of halogens is 1. The molecule has 18 heavy (non-hydrogen) atoms. The van der Waals surface area contributed by atoms with E-state index in [0.717, 1.165) is 28.3 Å². The van der Waals surface area contributed by atoms with Crippen molar-refractivity contribution in [3.05, 3.63) is 29.3 Å². The summed E-state index contributed by atoms with van der Waals surface area (Å²) in [5.41, 5.74) is 0.940. The smallest absolute Gasteiger partial charge is 0.161 e. The van der Waals surface area contributed by atoms with Crippen LogP contribution in [0.3, 0.4) is 0 Å². The van der Waals surface area contributed by atoms with Crippen molar-refractivity contribution in [2.24, 2.45) is 10.9 Å². The molecule has 0 saturated carbocycles. The van der Waals surface area contributed by atoms with Gasteiger partial charge in [0.1, 0.15) is 0 Å². The highest BCUT2D eigenvalue weighted by Crippen LogP contribution is 2.32. The van der Waals surface area contributed by atoms with Crippen molar-refractivity contribution >= 4 is 34.2 Å². The fourth-order valence-corrected chi connectivity index (χ4v) is 3.71. The van der Waals surface area contributed by atoms with Gasteiger partial charge in [0.2, 0.25) is 0 Å². The maximum absolute atomic E-state index is 6.13. The Morgan fingerprint density at radius 3 is 2.78 bits per heavy atom. The largest absolute Gasteiger partial charge is 0.334 e. The van der Waals surface area contributed by atoms with E-state index in [4.69, 9.17) is 11.6 Å². The third-order valence-electron chi connectivity index (χ3n) is 3.37. The number of para-hydroxylation sites is 1. The number of nitrogens with one attached hydrogen (secondary N) is 1. The first kappa shape index (κ1) is 13.8. The first-order valence-corrected chi connectivity index (χ1v) is 7.73. The molecule has 1 heterocycles. The fraction of sp³-hybridized carbons (Fsp3) is 0.500. The van der Waals surface area contributed by atoms with Gasteiger partial charge in [-0.25, -0.2) is 0 Å². The molecular weight excluding hydrogens is 264 g/mol. The molecule has 1 aromatic carbocycles. The van der Waals surface area contributed by atoms with Gasteiger partial charge < -0.3 is 5.32 Å². The average Bonchev–Trinajstić information content (AvgIpc) is 2.82. The predicted octanol–water partition coefficient (Wildman–Crippen LogP) is 4.66. The molecule has 2 rings (SSSR count). The SMILES string of the molecule is CCC(CC)C1CN=C(Nc2ccccc2Cl)S1. The Labute approximate surface area is 118 Å². The first-order valence-electron chi connectivity index (χ1n) is 6.47. The molecule has 0 saturated heterocycles. The Kier molecular flexibility index (Phi) is 4.95. The van der Waals surface area contributed by atoms with Gasteiger partial charge >= 0.3 is 0 Å². The topological polar surface area (TPSA) is 24.4 Å². The van der Waals surface area contributed by atoms with E-state index in [9.17, 15) is 0 Å². The van der Waals surface area contributed by atoms with Gasteiger partial charge in [0.15, 0.2) is 5.17 Å². The number of aliphatic imine (C=N–C) groups is 1. The van der Waals surface area contributed by atoms with Crippen LogP contribution in [0.2, 0.25) is 5.02 Å². The van der Waals surface area contributed by atoms with E-state index in [1.807, 2.05) is 36.0 Å². The third kappa shape index (κ3) is 3.21. The number of nitrogens with zero attached hydrogens (tertiary/aromatic N) is 1. The zero-order valence-electron chi connectivity index (χ0n) is 10.8. The van der Waals surface area contributed by atoms with Crippen LogP contribution in [0.25, 0.3) is 0 Å². The van der Waals surface area contributed by atoms with Gasteiger partial charge in [-0.1, -0.05) is 62.2 Å². The lowest BCUT2D eigenvalue weighted by Gasteiger charge is -2.18. The van der Waals surface area contributed by atoms with Gasteiger partial charge in [-0.05, 0) is 18.1 Å². The van der Waals surface area contributed by atoms with Crippen molar-refractivity contribution in [2.75, 3.05) is 11.9 Å². The Bertz CT molecular complexity index is 430. The lowest BCUT2D eigenvalue weighted by atomic mass is 9.99. The second-order valence-electron chi connectivity index (χ2n) is 4.48. The molecule has 98 valence electrons. The summed E-state index contributed by atoms with van der Waals surface area (Å²) in [5.74, 6) is 0.754. The molecule has 0 bridgehead atoms.